The van der Waals surface area contributed by atoms with Crippen LogP contribution in [0.5, 0.6) is 0 Å². The van der Waals surface area contributed by atoms with Crippen LogP contribution in [0.2, 0.25) is 0 Å². The number of anilines is 1. The summed E-state index contributed by atoms with van der Waals surface area (Å²) in [5, 5.41) is 2.99. The molecule has 0 fully saturated rings. The van der Waals surface area contributed by atoms with Gasteiger partial charge in [-0.3, -0.25) is 0 Å². The summed E-state index contributed by atoms with van der Waals surface area (Å²) in [5.41, 5.74) is 0.0850. The van der Waals surface area contributed by atoms with E-state index in [0.717, 1.165) is 6.07 Å². The summed E-state index contributed by atoms with van der Waals surface area (Å²) in [6.45, 7) is 6.25. The lowest BCUT2D eigenvalue weighted by atomic mass is 10.1. The van der Waals surface area contributed by atoms with Crippen LogP contribution in [0.1, 0.15) is 25.0 Å². The third-order valence-corrected chi connectivity index (χ3v) is 2.53. The SMILES string of the molecule is CCOCC(C)Nc1ccc(C)c(C(F)(F)F)c1. The Hall–Kier alpha value is -1.23. The van der Waals surface area contributed by atoms with Gasteiger partial charge in [0.1, 0.15) is 0 Å². The van der Waals surface area contributed by atoms with E-state index in [1.54, 1.807) is 6.07 Å². The van der Waals surface area contributed by atoms with Crippen molar-refractivity contribution in [2.45, 2.75) is 33.0 Å². The number of alkyl halides is 3. The second-order valence-electron chi connectivity index (χ2n) is 4.23. The largest absolute Gasteiger partial charge is 0.416 e. The molecule has 1 atom stereocenters. The molecule has 0 saturated carbocycles. The Balaban J connectivity index is 2.79. The minimum Gasteiger partial charge on any atom is -0.380 e. The Kier molecular flexibility index (Phi) is 5.02. The van der Waals surface area contributed by atoms with Crippen molar-refractivity contribution in [1.29, 1.82) is 0 Å². The van der Waals surface area contributed by atoms with Gasteiger partial charge >= 0.3 is 6.18 Å². The summed E-state index contributed by atoms with van der Waals surface area (Å²) < 4.78 is 43.4. The number of halogens is 3. The highest BCUT2D eigenvalue weighted by Crippen LogP contribution is 2.33. The van der Waals surface area contributed by atoms with Crippen molar-refractivity contribution in [2.75, 3.05) is 18.5 Å². The Morgan fingerprint density at radius 3 is 2.56 bits per heavy atom. The summed E-state index contributed by atoms with van der Waals surface area (Å²) >= 11 is 0. The van der Waals surface area contributed by atoms with Gasteiger partial charge in [0.15, 0.2) is 0 Å². The second kappa shape index (κ2) is 6.09. The minimum absolute atomic E-state index is 0.0336. The van der Waals surface area contributed by atoms with Crippen LogP contribution in [0.15, 0.2) is 18.2 Å². The molecule has 5 heteroatoms. The van der Waals surface area contributed by atoms with Crippen LogP contribution in [-0.2, 0) is 10.9 Å². The molecular weight excluding hydrogens is 243 g/mol. The molecule has 1 unspecified atom stereocenters. The van der Waals surface area contributed by atoms with Crippen molar-refractivity contribution in [2.24, 2.45) is 0 Å². The molecule has 0 bridgehead atoms. The molecule has 102 valence electrons. The van der Waals surface area contributed by atoms with Crippen LogP contribution in [0.25, 0.3) is 0 Å². The van der Waals surface area contributed by atoms with E-state index < -0.39 is 11.7 Å². The average molecular weight is 261 g/mol. The van der Waals surface area contributed by atoms with E-state index in [0.29, 0.717) is 18.9 Å². The van der Waals surface area contributed by atoms with Crippen molar-refractivity contribution in [1.82, 2.24) is 0 Å². The van der Waals surface area contributed by atoms with Crippen molar-refractivity contribution in [3.8, 4) is 0 Å². The predicted molar refractivity (Wildman–Crippen MR) is 65.8 cm³/mol. The highest BCUT2D eigenvalue weighted by atomic mass is 19.4. The number of nitrogens with one attached hydrogen (secondary N) is 1. The molecule has 0 heterocycles. The Labute approximate surface area is 105 Å². The van der Waals surface area contributed by atoms with E-state index in [4.69, 9.17) is 4.74 Å². The molecule has 0 aromatic heterocycles. The Morgan fingerprint density at radius 1 is 1.33 bits per heavy atom. The summed E-state index contributed by atoms with van der Waals surface area (Å²) in [6, 6.07) is 4.22. The molecule has 1 aromatic rings. The third kappa shape index (κ3) is 4.22. The van der Waals surface area contributed by atoms with E-state index in [1.807, 2.05) is 13.8 Å². The lowest BCUT2D eigenvalue weighted by Crippen LogP contribution is -2.22. The van der Waals surface area contributed by atoms with Crippen LogP contribution >= 0.6 is 0 Å². The van der Waals surface area contributed by atoms with Crippen LogP contribution in [0.4, 0.5) is 18.9 Å². The van der Waals surface area contributed by atoms with Crippen LogP contribution in [0, 0.1) is 6.92 Å². The van der Waals surface area contributed by atoms with Gasteiger partial charge in [-0.25, -0.2) is 0 Å². The first kappa shape index (κ1) is 14.8. The molecule has 0 spiro atoms. The normalized spacial score (nSPS) is 13.4. The zero-order valence-electron chi connectivity index (χ0n) is 10.8. The van der Waals surface area contributed by atoms with Gasteiger partial charge in [0, 0.05) is 18.3 Å². The van der Waals surface area contributed by atoms with Gasteiger partial charge in [0.05, 0.1) is 12.2 Å². The van der Waals surface area contributed by atoms with Gasteiger partial charge in [-0.15, -0.1) is 0 Å². The standard InChI is InChI=1S/C13H18F3NO/c1-4-18-8-10(3)17-11-6-5-9(2)12(7-11)13(14,15)16/h5-7,10,17H,4,8H2,1-3H3. The van der Waals surface area contributed by atoms with Crippen LogP contribution < -0.4 is 5.32 Å². The first-order valence-electron chi connectivity index (χ1n) is 5.86. The number of aryl methyl sites for hydroxylation is 1. The molecule has 0 radical (unpaired) electrons. The number of benzene rings is 1. The van der Waals surface area contributed by atoms with Gasteiger partial charge in [0.2, 0.25) is 0 Å². The number of hydrogen-bond acceptors (Lipinski definition) is 2. The predicted octanol–water partition coefficient (Wildman–Crippen LogP) is 3.85. The first-order valence-corrected chi connectivity index (χ1v) is 5.86. The molecule has 18 heavy (non-hydrogen) atoms. The van der Waals surface area contributed by atoms with Crippen molar-refractivity contribution < 1.29 is 17.9 Å². The van der Waals surface area contributed by atoms with Gasteiger partial charge < -0.3 is 10.1 Å². The maximum Gasteiger partial charge on any atom is 0.416 e. The molecule has 1 aromatic carbocycles. The Morgan fingerprint density at radius 2 is 2.00 bits per heavy atom. The maximum absolute atomic E-state index is 12.7. The smallest absolute Gasteiger partial charge is 0.380 e. The highest BCUT2D eigenvalue weighted by molar-refractivity contribution is 5.50. The third-order valence-electron chi connectivity index (χ3n) is 2.53. The molecular formula is C13H18F3NO. The average Bonchev–Trinajstić information content (AvgIpc) is 2.27. The van der Waals surface area contributed by atoms with Crippen molar-refractivity contribution >= 4 is 5.69 Å². The molecule has 0 amide bonds. The Bertz CT molecular complexity index is 390. The van der Waals surface area contributed by atoms with Crippen LogP contribution in [0.3, 0.4) is 0 Å². The number of hydrogen-bond donors (Lipinski definition) is 1. The molecule has 0 saturated heterocycles. The zero-order valence-corrected chi connectivity index (χ0v) is 10.8. The van der Waals surface area contributed by atoms with E-state index in [2.05, 4.69) is 5.32 Å². The van der Waals surface area contributed by atoms with Gasteiger partial charge in [0.25, 0.3) is 0 Å². The molecule has 0 aliphatic carbocycles. The summed E-state index contributed by atoms with van der Waals surface area (Å²) in [7, 11) is 0. The summed E-state index contributed by atoms with van der Waals surface area (Å²) in [4.78, 5) is 0. The number of ether oxygens (including phenoxy) is 1. The molecule has 1 N–H and O–H groups in total. The molecule has 1 rings (SSSR count). The number of rotatable bonds is 5. The fraction of sp³-hybridized carbons (Fsp3) is 0.538. The maximum atomic E-state index is 12.7. The highest BCUT2D eigenvalue weighted by Gasteiger charge is 2.32. The van der Waals surface area contributed by atoms with Gasteiger partial charge in [-0.1, -0.05) is 6.07 Å². The van der Waals surface area contributed by atoms with E-state index in [9.17, 15) is 13.2 Å². The molecule has 2 nitrogen and oxygen atoms in total. The van der Waals surface area contributed by atoms with E-state index in [-0.39, 0.29) is 11.6 Å². The topological polar surface area (TPSA) is 21.3 Å². The fourth-order valence-electron chi connectivity index (χ4n) is 1.64. The monoisotopic (exact) mass is 261 g/mol. The lowest BCUT2D eigenvalue weighted by molar-refractivity contribution is -0.138. The fourth-order valence-corrected chi connectivity index (χ4v) is 1.64. The molecule has 0 aliphatic heterocycles. The van der Waals surface area contributed by atoms with Crippen LogP contribution in [-0.4, -0.2) is 19.3 Å². The quantitative estimate of drug-likeness (QED) is 0.869. The zero-order chi connectivity index (χ0) is 13.8. The van der Waals surface area contributed by atoms with Crippen molar-refractivity contribution in [3.05, 3.63) is 29.3 Å². The van der Waals surface area contributed by atoms with E-state index >= 15 is 0 Å². The van der Waals surface area contributed by atoms with E-state index in [1.165, 1.54) is 13.0 Å². The molecule has 0 aliphatic rings. The summed E-state index contributed by atoms with van der Waals surface area (Å²) in [6.07, 6.45) is -4.31. The van der Waals surface area contributed by atoms with Gasteiger partial charge in [-0.2, -0.15) is 13.2 Å². The minimum atomic E-state index is -4.31. The summed E-state index contributed by atoms with van der Waals surface area (Å²) in [5.74, 6) is 0. The lowest BCUT2D eigenvalue weighted by Gasteiger charge is -2.17. The first-order chi connectivity index (χ1) is 8.34. The second-order valence-corrected chi connectivity index (χ2v) is 4.23. The van der Waals surface area contributed by atoms with Gasteiger partial charge in [-0.05, 0) is 38.5 Å². The van der Waals surface area contributed by atoms with Crippen molar-refractivity contribution in [3.63, 3.8) is 0 Å².